The highest BCUT2D eigenvalue weighted by Crippen LogP contribution is 2.28. The first-order chi connectivity index (χ1) is 15.0. The molecule has 31 heavy (non-hydrogen) atoms. The van der Waals surface area contributed by atoms with Gasteiger partial charge in [0.15, 0.2) is 0 Å². The molecule has 3 rings (SSSR count). The van der Waals surface area contributed by atoms with Crippen LogP contribution in [0.4, 0.5) is 16.2 Å². The second kappa shape index (κ2) is 10.2. The van der Waals surface area contributed by atoms with Crippen LogP contribution in [0.15, 0.2) is 54.7 Å². The van der Waals surface area contributed by atoms with Crippen LogP contribution in [0.25, 0.3) is 10.9 Å². The van der Waals surface area contributed by atoms with Gasteiger partial charge in [-0.2, -0.15) is 0 Å². The van der Waals surface area contributed by atoms with Gasteiger partial charge in [0.05, 0.1) is 23.2 Å². The van der Waals surface area contributed by atoms with Crippen molar-refractivity contribution in [3.63, 3.8) is 0 Å². The van der Waals surface area contributed by atoms with Crippen molar-refractivity contribution in [2.24, 2.45) is 0 Å². The first-order valence-corrected chi connectivity index (χ1v) is 9.85. The first kappa shape index (κ1) is 21.8. The molecule has 0 bridgehead atoms. The SMILES string of the molecule is COc1cc(NC(C)CCCNC(=O)Oc2ccc([N+](=O)[O-])cc2)c2ncccc2c1. The molecule has 2 N–H and O–H groups in total. The van der Waals surface area contributed by atoms with Gasteiger partial charge in [0.25, 0.3) is 5.69 Å². The molecule has 1 amide bonds. The number of carbonyl (C=O) groups excluding carboxylic acids is 1. The quantitative estimate of drug-likeness (QED) is 0.295. The van der Waals surface area contributed by atoms with Gasteiger partial charge in [-0.15, -0.1) is 0 Å². The summed E-state index contributed by atoms with van der Waals surface area (Å²) in [7, 11) is 1.63. The molecule has 1 unspecified atom stereocenters. The lowest BCUT2D eigenvalue weighted by Crippen LogP contribution is -2.28. The molecule has 0 radical (unpaired) electrons. The van der Waals surface area contributed by atoms with E-state index >= 15 is 0 Å². The van der Waals surface area contributed by atoms with Gasteiger partial charge >= 0.3 is 6.09 Å². The summed E-state index contributed by atoms with van der Waals surface area (Å²) in [5.41, 5.74) is 1.71. The maximum absolute atomic E-state index is 11.9. The fourth-order valence-corrected chi connectivity index (χ4v) is 3.11. The van der Waals surface area contributed by atoms with Crippen LogP contribution in [-0.2, 0) is 0 Å². The van der Waals surface area contributed by atoms with Crippen LogP contribution >= 0.6 is 0 Å². The maximum Gasteiger partial charge on any atom is 0.412 e. The van der Waals surface area contributed by atoms with Crippen molar-refractivity contribution in [2.45, 2.75) is 25.8 Å². The van der Waals surface area contributed by atoms with Crippen LogP contribution in [0.1, 0.15) is 19.8 Å². The molecular formula is C22H24N4O5. The summed E-state index contributed by atoms with van der Waals surface area (Å²) in [4.78, 5) is 26.5. The van der Waals surface area contributed by atoms with E-state index in [1.165, 1.54) is 24.3 Å². The monoisotopic (exact) mass is 424 g/mol. The van der Waals surface area contributed by atoms with Gasteiger partial charge in [0, 0.05) is 42.4 Å². The lowest BCUT2D eigenvalue weighted by atomic mass is 10.1. The molecule has 3 aromatic rings. The summed E-state index contributed by atoms with van der Waals surface area (Å²) in [6.07, 6.45) is 2.70. The van der Waals surface area contributed by atoms with Gasteiger partial charge in [-0.25, -0.2) is 4.79 Å². The van der Waals surface area contributed by atoms with Crippen LogP contribution in [0.2, 0.25) is 0 Å². The first-order valence-electron chi connectivity index (χ1n) is 9.85. The maximum atomic E-state index is 11.9. The van der Waals surface area contributed by atoms with Crippen molar-refractivity contribution >= 4 is 28.4 Å². The predicted molar refractivity (Wildman–Crippen MR) is 118 cm³/mol. The zero-order valence-electron chi connectivity index (χ0n) is 17.3. The molecule has 0 saturated heterocycles. The van der Waals surface area contributed by atoms with E-state index < -0.39 is 11.0 Å². The molecule has 0 aliphatic heterocycles. The van der Waals surface area contributed by atoms with Crippen molar-refractivity contribution in [3.05, 3.63) is 64.8 Å². The number of carbonyl (C=O) groups is 1. The number of benzene rings is 2. The van der Waals surface area contributed by atoms with E-state index in [9.17, 15) is 14.9 Å². The third-order valence-corrected chi connectivity index (χ3v) is 4.66. The smallest absolute Gasteiger partial charge is 0.412 e. The van der Waals surface area contributed by atoms with E-state index in [-0.39, 0.29) is 17.5 Å². The Kier molecular flexibility index (Phi) is 7.21. The summed E-state index contributed by atoms with van der Waals surface area (Å²) in [6.45, 7) is 2.50. The zero-order valence-corrected chi connectivity index (χ0v) is 17.3. The Hall–Kier alpha value is -3.88. The molecular weight excluding hydrogens is 400 g/mol. The summed E-state index contributed by atoms with van der Waals surface area (Å²) in [5.74, 6) is 1.00. The summed E-state index contributed by atoms with van der Waals surface area (Å²) < 4.78 is 10.5. The number of ether oxygens (including phenoxy) is 2. The lowest BCUT2D eigenvalue weighted by molar-refractivity contribution is -0.384. The summed E-state index contributed by atoms with van der Waals surface area (Å²) in [5, 5.41) is 17.8. The fourth-order valence-electron chi connectivity index (χ4n) is 3.11. The van der Waals surface area contributed by atoms with E-state index in [1.807, 2.05) is 24.3 Å². The number of hydrogen-bond acceptors (Lipinski definition) is 7. The van der Waals surface area contributed by atoms with E-state index in [0.717, 1.165) is 35.2 Å². The average molecular weight is 424 g/mol. The molecule has 0 aliphatic carbocycles. The van der Waals surface area contributed by atoms with Crippen molar-refractivity contribution in [2.75, 3.05) is 19.0 Å². The van der Waals surface area contributed by atoms with E-state index in [0.29, 0.717) is 6.54 Å². The summed E-state index contributed by atoms with van der Waals surface area (Å²) in [6, 6.07) is 13.2. The highest BCUT2D eigenvalue weighted by atomic mass is 16.6. The Morgan fingerprint density at radius 3 is 2.68 bits per heavy atom. The van der Waals surface area contributed by atoms with Crippen LogP contribution in [0.5, 0.6) is 11.5 Å². The lowest BCUT2D eigenvalue weighted by Gasteiger charge is -2.17. The standard InChI is InChI=1S/C22H24N4O5/c1-15(25-20-14-19(30-2)13-16-6-4-11-23-21(16)20)5-3-12-24-22(27)31-18-9-7-17(8-10-18)26(28)29/h4,6-11,13-15,25H,3,5,12H2,1-2H3,(H,24,27). The summed E-state index contributed by atoms with van der Waals surface area (Å²) >= 11 is 0. The molecule has 1 atom stereocenters. The second-order valence-corrected chi connectivity index (χ2v) is 7.01. The van der Waals surface area contributed by atoms with Crippen LogP contribution in [-0.4, -0.2) is 35.7 Å². The number of non-ortho nitro benzene ring substituents is 1. The van der Waals surface area contributed by atoms with E-state index in [1.54, 1.807) is 13.3 Å². The van der Waals surface area contributed by atoms with Gasteiger partial charge in [0.1, 0.15) is 11.5 Å². The average Bonchev–Trinajstić information content (AvgIpc) is 2.77. The number of aromatic nitrogens is 1. The van der Waals surface area contributed by atoms with E-state index in [2.05, 4.69) is 22.5 Å². The van der Waals surface area contributed by atoms with Crippen molar-refractivity contribution in [3.8, 4) is 11.5 Å². The number of rotatable bonds is 9. The fraction of sp³-hybridized carbons (Fsp3) is 0.273. The van der Waals surface area contributed by atoms with Gasteiger partial charge in [-0.05, 0) is 44.0 Å². The van der Waals surface area contributed by atoms with Crippen molar-refractivity contribution < 1.29 is 19.2 Å². The van der Waals surface area contributed by atoms with Crippen LogP contribution < -0.4 is 20.1 Å². The number of methoxy groups -OCH3 is 1. The third kappa shape index (κ3) is 6.05. The number of nitrogens with zero attached hydrogens (tertiary/aromatic N) is 2. The largest absolute Gasteiger partial charge is 0.497 e. The number of nitro groups is 1. The highest BCUT2D eigenvalue weighted by Gasteiger charge is 2.10. The molecule has 0 saturated carbocycles. The molecule has 2 aromatic carbocycles. The molecule has 162 valence electrons. The van der Waals surface area contributed by atoms with Crippen LogP contribution in [0.3, 0.4) is 0 Å². The molecule has 1 heterocycles. The number of nitrogens with one attached hydrogen (secondary N) is 2. The Morgan fingerprint density at radius 2 is 1.97 bits per heavy atom. The topological polar surface area (TPSA) is 116 Å². The molecule has 9 nitrogen and oxygen atoms in total. The van der Waals surface area contributed by atoms with Gasteiger partial charge < -0.3 is 20.1 Å². The zero-order chi connectivity index (χ0) is 22.2. The number of hydrogen-bond donors (Lipinski definition) is 2. The Labute approximate surface area is 179 Å². The van der Waals surface area contributed by atoms with Gasteiger partial charge in [-0.3, -0.25) is 15.1 Å². The molecule has 9 heteroatoms. The number of nitro benzene ring substituents is 1. The van der Waals surface area contributed by atoms with Crippen LogP contribution in [0, 0.1) is 10.1 Å². The predicted octanol–water partition coefficient (Wildman–Crippen LogP) is 4.52. The normalized spacial score (nSPS) is 11.5. The second-order valence-electron chi connectivity index (χ2n) is 7.01. The minimum absolute atomic E-state index is 0.0618. The minimum atomic E-state index is -0.600. The molecule has 0 spiro atoms. The highest BCUT2D eigenvalue weighted by molar-refractivity contribution is 5.91. The molecule has 0 aliphatic rings. The van der Waals surface area contributed by atoms with Gasteiger partial charge in [-0.1, -0.05) is 6.07 Å². The van der Waals surface area contributed by atoms with Crippen molar-refractivity contribution in [1.82, 2.24) is 10.3 Å². The molecule has 0 fully saturated rings. The number of pyridine rings is 1. The number of fused-ring (bicyclic) bond motifs is 1. The molecule has 1 aromatic heterocycles. The third-order valence-electron chi connectivity index (χ3n) is 4.66. The minimum Gasteiger partial charge on any atom is -0.497 e. The number of anilines is 1. The van der Waals surface area contributed by atoms with E-state index in [4.69, 9.17) is 9.47 Å². The Balaban J connectivity index is 1.45. The number of amides is 1. The van der Waals surface area contributed by atoms with Crippen molar-refractivity contribution in [1.29, 1.82) is 0 Å². The van der Waals surface area contributed by atoms with Gasteiger partial charge in [0.2, 0.25) is 0 Å². The Bertz CT molecular complexity index is 1060. The Morgan fingerprint density at radius 1 is 1.19 bits per heavy atom.